The first kappa shape index (κ1) is 22.9. The molecule has 5 nitrogen and oxygen atoms in total. The summed E-state index contributed by atoms with van der Waals surface area (Å²) >= 11 is 7.32. The van der Waals surface area contributed by atoms with Gasteiger partial charge in [-0.15, -0.1) is 11.3 Å². The summed E-state index contributed by atoms with van der Waals surface area (Å²) in [6.07, 6.45) is 0. The van der Waals surface area contributed by atoms with Gasteiger partial charge in [-0.25, -0.2) is 9.37 Å². The van der Waals surface area contributed by atoms with Crippen LogP contribution in [0.15, 0.2) is 41.8 Å². The van der Waals surface area contributed by atoms with Gasteiger partial charge in [0.05, 0.1) is 17.3 Å². The minimum absolute atomic E-state index is 0.0512. The Bertz CT molecular complexity index is 1110. The first-order chi connectivity index (χ1) is 15.4. The first-order valence-electron chi connectivity index (χ1n) is 10.6. The van der Waals surface area contributed by atoms with Crippen molar-refractivity contribution in [2.75, 3.05) is 38.0 Å². The van der Waals surface area contributed by atoms with E-state index in [1.165, 1.54) is 28.5 Å². The van der Waals surface area contributed by atoms with Gasteiger partial charge in [0.2, 0.25) is 5.91 Å². The lowest BCUT2D eigenvalue weighted by atomic mass is 10.1. The molecule has 8 heteroatoms. The van der Waals surface area contributed by atoms with Crippen molar-refractivity contribution >= 4 is 34.0 Å². The third kappa shape index (κ3) is 5.72. The highest BCUT2D eigenvalue weighted by Gasteiger charge is 2.20. The molecule has 2 heterocycles. The number of piperazine rings is 1. The van der Waals surface area contributed by atoms with Crippen LogP contribution in [0, 0.1) is 19.7 Å². The summed E-state index contributed by atoms with van der Waals surface area (Å²) in [5.41, 5.74) is 5.40. The molecule has 168 valence electrons. The van der Waals surface area contributed by atoms with E-state index in [1.54, 1.807) is 12.1 Å². The van der Waals surface area contributed by atoms with Gasteiger partial charge in [-0.1, -0.05) is 29.8 Å². The van der Waals surface area contributed by atoms with E-state index in [1.807, 2.05) is 5.38 Å². The number of thiazole rings is 1. The highest BCUT2D eigenvalue weighted by molar-refractivity contribution is 7.14. The van der Waals surface area contributed by atoms with Crippen LogP contribution in [-0.4, -0.2) is 53.4 Å². The SMILES string of the molecule is Cc1ccc(-c2csc(NC(=O)CN3CCN(Cc4ccc(F)c(Cl)c4)CC3)n2)cc1C. The normalized spacial score (nSPS) is 15.1. The van der Waals surface area contributed by atoms with Crippen LogP contribution in [0.25, 0.3) is 11.3 Å². The molecule has 1 aliphatic rings. The third-order valence-electron chi connectivity index (χ3n) is 5.78. The van der Waals surface area contributed by atoms with Gasteiger partial charge in [0, 0.05) is 43.7 Å². The topological polar surface area (TPSA) is 48.5 Å². The van der Waals surface area contributed by atoms with Crippen molar-refractivity contribution < 1.29 is 9.18 Å². The largest absolute Gasteiger partial charge is 0.301 e. The van der Waals surface area contributed by atoms with Crippen molar-refractivity contribution in [3.8, 4) is 11.3 Å². The molecule has 0 unspecified atom stereocenters. The van der Waals surface area contributed by atoms with Crippen molar-refractivity contribution in [3.05, 3.63) is 69.3 Å². The van der Waals surface area contributed by atoms with Gasteiger partial charge >= 0.3 is 0 Å². The Labute approximate surface area is 196 Å². The molecule has 1 N–H and O–H groups in total. The summed E-state index contributed by atoms with van der Waals surface area (Å²) < 4.78 is 13.3. The van der Waals surface area contributed by atoms with Crippen LogP contribution in [0.5, 0.6) is 0 Å². The Morgan fingerprint density at radius 3 is 2.56 bits per heavy atom. The number of carbonyl (C=O) groups is 1. The van der Waals surface area contributed by atoms with E-state index in [0.29, 0.717) is 11.7 Å². The van der Waals surface area contributed by atoms with Crippen molar-refractivity contribution in [1.29, 1.82) is 0 Å². The molecule has 0 saturated carbocycles. The summed E-state index contributed by atoms with van der Waals surface area (Å²) in [7, 11) is 0. The molecule has 0 aliphatic carbocycles. The summed E-state index contributed by atoms with van der Waals surface area (Å²) in [5.74, 6) is -0.447. The van der Waals surface area contributed by atoms with E-state index in [0.717, 1.165) is 49.5 Å². The maximum absolute atomic E-state index is 13.3. The second-order valence-electron chi connectivity index (χ2n) is 8.19. The number of anilines is 1. The average Bonchev–Trinajstić information content (AvgIpc) is 3.22. The molecule has 0 spiro atoms. The average molecular weight is 473 g/mol. The monoisotopic (exact) mass is 472 g/mol. The molecule has 32 heavy (non-hydrogen) atoms. The van der Waals surface area contributed by atoms with Crippen LogP contribution in [0.3, 0.4) is 0 Å². The van der Waals surface area contributed by atoms with E-state index in [2.05, 4.69) is 52.1 Å². The maximum atomic E-state index is 13.3. The zero-order valence-corrected chi connectivity index (χ0v) is 19.8. The standard InChI is InChI=1S/C24H26ClFN4OS/c1-16-3-5-19(11-17(16)2)22-15-32-24(27-22)28-23(31)14-30-9-7-29(8-10-30)13-18-4-6-21(26)20(25)12-18/h3-6,11-12,15H,7-10,13-14H2,1-2H3,(H,27,28,31). The van der Waals surface area contributed by atoms with Crippen molar-refractivity contribution in [2.24, 2.45) is 0 Å². The number of aromatic nitrogens is 1. The number of nitrogens with one attached hydrogen (secondary N) is 1. The Morgan fingerprint density at radius 1 is 1.09 bits per heavy atom. The number of carbonyl (C=O) groups excluding carboxylic acids is 1. The molecule has 2 aromatic carbocycles. The maximum Gasteiger partial charge on any atom is 0.240 e. The number of amides is 1. The predicted molar refractivity (Wildman–Crippen MR) is 129 cm³/mol. The van der Waals surface area contributed by atoms with Gasteiger partial charge in [0.15, 0.2) is 5.13 Å². The minimum Gasteiger partial charge on any atom is -0.301 e. The van der Waals surface area contributed by atoms with Crippen LogP contribution in [0.1, 0.15) is 16.7 Å². The van der Waals surface area contributed by atoms with Crippen molar-refractivity contribution in [3.63, 3.8) is 0 Å². The highest BCUT2D eigenvalue weighted by Crippen LogP contribution is 2.26. The number of hydrogen-bond acceptors (Lipinski definition) is 5. The van der Waals surface area contributed by atoms with Crippen molar-refractivity contribution in [1.82, 2.24) is 14.8 Å². The number of rotatable bonds is 6. The fourth-order valence-corrected chi connectivity index (χ4v) is 4.67. The number of benzene rings is 2. The second-order valence-corrected chi connectivity index (χ2v) is 9.45. The van der Waals surface area contributed by atoms with Gasteiger partial charge in [-0.2, -0.15) is 0 Å². The van der Waals surface area contributed by atoms with Crippen LogP contribution >= 0.6 is 22.9 Å². The molecule has 0 atom stereocenters. The van der Waals surface area contributed by atoms with Gasteiger partial charge in [-0.3, -0.25) is 14.6 Å². The molecule has 1 aromatic heterocycles. The lowest BCUT2D eigenvalue weighted by molar-refractivity contribution is -0.117. The van der Waals surface area contributed by atoms with E-state index >= 15 is 0 Å². The molecule has 3 aromatic rings. The number of hydrogen-bond donors (Lipinski definition) is 1. The minimum atomic E-state index is -0.396. The fraction of sp³-hybridized carbons (Fsp3) is 0.333. The first-order valence-corrected chi connectivity index (χ1v) is 11.8. The molecular formula is C24H26ClFN4OS. The zero-order valence-electron chi connectivity index (χ0n) is 18.2. The smallest absolute Gasteiger partial charge is 0.240 e. The Morgan fingerprint density at radius 2 is 1.84 bits per heavy atom. The lowest BCUT2D eigenvalue weighted by Gasteiger charge is -2.34. The van der Waals surface area contributed by atoms with Crippen LogP contribution in [-0.2, 0) is 11.3 Å². The summed E-state index contributed by atoms with van der Waals surface area (Å²) in [6, 6.07) is 11.1. The van der Waals surface area contributed by atoms with Gasteiger partial charge < -0.3 is 5.32 Å². The Balaban J connectivity index is 1.25. The van der Waals surface area contributed by atoms with Crippen LogP contribution in [0.4, 0.5) is 9.52 Å². The van der Waals surface area contributed by atoms with Gasteiger partial charge in [-0.05, 0) is 48.7 Å². The molecule has 1 amide bonds. The van der Waals surface area contributed by atoms with E-state index in [-0.39, 0.29) is 10.9 Å². The molecule has 4 rings (SSSR count). The number of halogens is 2. The van der Waals surface area contributed by atoms with E-state index in [9.17, 15) is 9.18 Å². The molecule has 0 bridgehead atoms. The van der Waals surface area contributed by atoms with Gasteiger partial charge in [0.25, 0.3) is 0 Å². The second kappa shape index (κ2) is 10.1. The Kier molecular flexibility index (Phi) is 7.20. The number of aryl methyl sites for hydroxylation is 2. The number of nitrogens with zero attached hydrogens (tertiary/aromatic N) is 3. The molecule has 1 fully saturated rings. The van der Waals surface area contributed by atoms with Crippen molar-refractivity contribution in [2.45, 2.75) is 20.4 Å². The third-order valence-corrected chi connectivity index (χ3v) is 6.82. The molecule has 1 saturated heterocycles. The van der Waals surface area contributed by atoms with E-state index < -0.39 is 5.82 Å². The predicted octanol–water partition coefficient (Wildman–Crippen LogP) is 4.98. The molecule has 1 aliphatic heterocycles. The highest BCUT2D eigenvalue weighted by atomic mass is 35.5. The molecule has 0 radical (unpaired) electrons. The lowest BCUT2D eigenvalue weighted by Crippen LogP contribution is -2.48. The molecular weight excluding hydrogens is 447 g/mol. The van der Waals surface area contributed by atoms with Crippen LogP contribution in [0.2, 0.25) is 5.02 Å². The fourth-order valence-electron chi connectivity index (χ4n) is 3.73. The van der Waals surface area contributed by atoms with E-state index in [4.69, 9.17) is 11.6 Å². The van der Waals surface area contributed by atoms with Crippen LogP contribution < -0.4 is 5.32 Å². The quantitative estimate of drug-likeness (QED) is 0.550. The Hall–Kier alpha value is -2.32. The summed E-state index contributed by atoms with van der Waals surface area (Å²) in [6.45, 7) is 8.52. The summed E-state index contributed by atoms with van der Waals surface area (Å²) in [4.78, 5) is 21.5. The summed E-state index contributed by atoms with van der Waals surface area (Å²) in [5, 5.41) is 5.68. The zero-order chi connectivity index (χ0) is 22.7. The van der Waals surface area contributed by atoms with Gasteiger partial charge in [0.1, 0.15) is 5.82 Å².